The number of hydrogen-bond acceptors (Lipinski definition) is 8. The highest BCUT2D eigenvalue weighted by atomic mass is 32.2. The summed E-state index contributed by atoms with van der Waals surface area (Å²) in [6.45, 7) is 0.0820. The smallest absolute Gasteiger partial charge is 0.338 e. The van der Waals surface area contributed by atoms with E-state index in [9.17, 15) is 26.4 Å². The molecular weight excluding hydrogens is 474 g/mol. The Morgan fingerprint density at radius 1 is 1.06 bits per heavy atom. The summed E-state index contributed by atoms with van der Waals surface area (Å²) in [6.07, 6.45) is 1.50. The van der Waals surface area contributed by atoms with Crippen molar-refractivity contribution >= 4 is 37.6 Å². The van der Waals surface area contributed by atoms with Gasteiger partial charge in [-0.15, -0.1) is 0 Å². The number of nitrogens with zero attached hydrogens (tertiary/aromatic N) is 1. The number of esters is 1. The SMILES string of the molecule is COc1ccc(C(=O)OCC(=O)Nc2cccc(S(N)(=O)=O)c2)cc1S(=O)(=O)N1CCCC1. The molecule has 0 aliphatic carbocycles. The van der Waals surface area contributed by atoms with Crippen molar-refractivity contribution in [2.24, 2.45) is 5.14 Å². The van der Waals surface area contributed by atoms with E-state index in [-0.39, 0.29) is 26.8 Å². The van der Waals surface area contributed by atoms with Crippen LogP contribution in [0.1, 0.15) is 23.2 Å². The molecule has 1 amide bonds. The van der Waals surface area contributed by atoms with Gasteiger partial charge in [-0.3, -0.25) is 4.79 Å². The lowest BCUT2D eigenvalue weighted by Gasteiger charge is -2.18. The Morgan fingerprint density at radius 2 is 1.76 bits per heavy atom. The number of carbonyl (C=O) groups excluding carboxylic acids is 2. The molecule has 1 fully saturated rings. The van der Waals surface area contributed by atoms with Crippen molar-refractivity contribution in [2.45, 2.75) is 22.6 Å². The molecule has 3 rings (SSSR count). The van der Waals surface area contributed by atoms with E-state index in [0.717, 1.165) is 25.0 Å². The minimum absolute atomic E-state index is 0.0717. The number of anilines is 1. The number of ether oxygens (including phenoxy) is 2. The van der Waals surface area contributed by atoms with Gasteiger partial charge in [0.05, 0.1) is 17.6 Å². The molecule has 13 heteroatoms. The number of carbonyl (C=O) groups is 2. The molecule has 178 valence electrons. The molecule has 11 nitrogen and oxygen atoms in total. The van der Waals surface area contributed by atoms with Crippen LogP contribution < -0.4 is 15.2 Å². The average Bonchev–Trinajstić information content (AvgIpc) is 3.32. The molecule has 1 saturated heterocycles. The zero-order valence-corrected chi connectivity index (χ0v) is 19.3. The summed E-state index contributed by atoms with van der Waals surface area (Å²) >= 11 is 0. The highest BCUT2D eigenvalue weighted by Crippen LogP contribution is 2.30. The van der Waals surface area contributed by atoms with E-state index in [1.807, 2.05) is 0 Å². The van der Waals surface area contributed by atoms with Gasteiger partial charge >= 0.3 is 5.97 Å². The van der Waals surface area contributed by atoms with Crippen LogP contribution >= 0.6 is 0 Å². The van der Waals surface area contributed by atoms with E-state index in [1.165, 1.54) is 41.7 Å². The summed E-state index contributed by atoms with van der Waals surface area (Å²) in [6, 6.07) is 9.09. The molecule has 0 unspecified atom stereocenters. The predicted octanol–water partition coefficient (Wildman–Crippen LogP) is 0.923. The van der Waals surface area contributed by atoms with Crippen molar-refractivity contribution in [1.29, 1.82) is 0 Å². The number of rotatable bonds is 8. The van der Waals surface area contributed by atoms with Crippen LogP contribution in [0.5, 0.6) is 5.75 Å². The Balaban J connectivity index is 1.70. The van der Waals surface area contributed by atoms with Crippen molar-refractivity contribution in [2.75, 3.05) is 32.1 Å². The van der Waals surface area contributed by atoms with Crippen LogP contribution in [0.4, 0.5) is 5.69 Å². The van der Waals surface area contributed by atoms with Gasteiger partial charge in [0.2, 0.25) is 20.0 Å². The van der Waals surface area contributed by atoms with Crippen LogP contribution in [0.2, 0.25) is 0 Å². The molecular formula is C20H23N3O8S2. The summed E-state index contributed by atoms with van der Waals surface area (Å²) in [5.74, 6) is -1.55. The lowest BCUT2D eigenvalue weighted by atomic mass is 10.2. The van der Waals surface area contributed by atoms with Gasteiger partial charge in [-0.25, -0.2) is 26.8 Å². The summed E-state index contributed by atoms with van der Waals surface area (Å²) in [5.41, 5.74) is 0.0728. The summed E-state index contributed by atoms with van der Waals surface area (Å²) in [7, 11) is -6.49. The van der Waals surface area contributed by atoms with E-state index < -0.39 is 38.5 Å². The third kappa shape index (κ3) is 5.87. The van der Waals surface area contributed by atoms with Crippen LogP contribution in [0.3, 0.4) is 0 Å². The van der Waals surface area contributed by atoms with E-state index >= 15 is 0 Å². The van der Waals surface area contributed by atoms with Gasteiger partial charge in [-0.05, 0) is 49.2 Å². The van der Waals surface area contributed by atoms with E-state index in [4.69, 9.17) is 14.6 Å². The number of sulfonamides is 2. The van der Waals surface area contributed by atoms with Crippen LogP contribution in [0.25, 0.3) is 0 Å². The lowest BCUT2D eigenvalue weighted by Crippen LogP contribution is -2.28. The minimum atomic E-state index is -3.95. The number of benzene rings is 2. The standard InChI is InChI=1S/C20H23N3O8S2/c1-30-17-8-7-14(11-18(17)33(28,29)23-9-2-3-10-23)20(25)31-13-19(24)22-15-5-4-6-16(12-15)32(21,26)27/h4-8,11-12H,2-3,9-10,13H2,1H3,(H,22,24)(H2,21,26,27). The monoisotopic (exact) mass is 497 g/mol. The van der Waals surface area contributed by atoms with Crippen molar-refractivity contribution in [3.8, 4) is 5.75 Å². The van der Waals surface area contributed by atoms with Crippen LogP contribution in [-0.4, -0.2) is 59.8 Å². The highest BCUT2D eigenvalue weighted by molar-refractivity contribution is 7.89. The van der Waals surface area contributed by atoms with Crippen LogP contribution in [-0.2, 0) is 29.6 Å². The number of primary sulfonamides is 1. The fraction of sp³-hybridized carbons (Fsp3) is 0.300. The van der Waals surface area contributed by atoms with Gasteiger partial charge in [0, 0.05) is 18.8 Å². The first-order valence-corrected chi connectivity index (χ1v) is 12.8. The first-order chi connectivity index (χ1) is 15.5. The summed E-state index contributed by atoms with van der Waals surface area (Å²) in [5, 5.41) is 7.45. The first-order valence-electron chi connectivity index (χ1n) is 9.80. The first kappa shape index (κ1) is 24.6. The van der Waals surface area contributed by atoms with Gasteiger partial charge in [-0.2, -0.15) is 4.31 Å². The van der Waals surface area contributed by atoms with Gasteiger partial charge in [0.15, 0.2) is 6.61 Å². The number of methoxy groups -OCH3 is 1. The van der Waals surface area contributed by atoms with E-state index in [2.05, 4.69) is 5.32 Å². The molecule has 33 heavy (non-hydrogen) atoms. The van der Waals surface area contributed by atoms with Crippen molar-refractivity contribution in [3.05, 3.63) is 48.0 Å². The Hall–Kier alpha value is -3.00. The van der Waals surface area contributed by atoms with Crippen LogP contribution in [0, 0.1) is 0 Å². The number of amides is 1. The molecule has 0 aromatic heterocycles. The largest absolute Gasteiger partial charge is 0.495 e. The normalized spacial score (nSPS) is 14.6. The Bertz CT molecular complexity index is 1270. The maximum absolute atomic E-state index is 12.9. The third-order valence-corrected chi connectivity index (χ3v) is 7.69. The van der Waals surface area contributed by atoms with Gasteiger partial charge < -0.3 is 14.8 Å². The second-order valence-corrected chi connectivity index (χ2v) is 10.6. The fourth-order valence-electron chi connectivity index (χ4n) is 3.24. The zero-order valence-electron chi connectivity index (χ0n) is 17.7. The molecule has 2 aromatic rings. The van der Waals surface area contributed by atoms with Crippen LogP contribution in [0.15, 0.2) is 52.3 Å². The van der Waals surface area contributed by atoms with Crippen molar-refractivity contribution in [1.82, 2.24) is 4.31 Å². The van der Waals surface area contributed by atoms with E-state index in [1.54, 1.807) is 0 Å². The second kappa shape index (κ2) is 9.87. The number of hydrogen-bond donors (Lipinski definition) is 2. The lowest BCUT2D eigenvalue weighted by molar-refractivity contribution is -0.119. The van der Waals surface area contributed by atoms with Crippen molar-refractivity contribution in [3.63, 3.8) is 0 Å². The van der Waals surface area contributed by atoms with E-state index in [0.29, 0.717) is 13.1 Å². The molecule has 0 saturated carbocycles. The molecule has 0 bridgehead atoms. The quantitative estimate of drug-likeness (QED) is 0.509. The number of nitrogens with two attached hydrogens (primary N) is 1. The summed E-state index contributed by atoms with van der Waals surface area (Å²) in [4.78, 5) is 24.2. The molecule has 3 N–H and O–H groups in total. The molecule has 2 aromatic carbocycles. The predicted molar refractivity (Wildman–Crippen MR) is 118 cm³/mol. The fourth-order valence-corrected chi connectivity index (χ4v) is 5.49. The summed E-state index contributed by atoms with van der Waals surface area (Å²) < 4.78 is 60.1. The average molecular weight is 498 g/mol. The molecule has 1 heterocycles. The molecule has 0 radical (unpaired) electrons. The maximum Gasteiger partial charge on any atom is 0.338 e. The minimum Gasteiger partial charge on any atom is -0.495 e. The van der Waals surface area contributed by atoms with Crippen molar-refractivity contribution < 1.29 is 35.9 Å². The maximum atomic E-state index is 12.9. The van der Waals surface area contributed by atoms with Gasteiger partial charge in [0.1, 0.15) is 10.6 Å². The topological polar surface area (TPSA) is 162 Å². The highest BCUT2D eigenvalue weighted by Gasteiger charge is 2.31. The zero-order chi connectivity index (χ0) is 24.2. The Labute approximate surface area is 191 Å². The molecule has 1 aliphatic heterocycles. The Kier molecular flexibility index (Phi) is 7.37. The van der Waals surface area contributed by atoms with Gasteiger partial charge in [-0.1, -0.05) is 6.07 Å². The molecule has 0 spiro atoms. The molecule has 1 aliphatic rings. The Morgan fingerprint density at radius 3 is 2.39 bits per heavy atom. The number of nitrogens with one attached hydrogen (secondary N) is 1. The molecule has 0 atom stereocenters. The third-order valence-electron chi connectivity index (χ3n) is 4.86. The second-order valence-electron chi connectivity index (χ2n) is 7.17. The van der Waals surface area contributed by atoms with Gasteiger partial charge in [0.25, 0.3) is 5.91 Å².